The van der Waals surface area contributed by atoms with Gasteiger partial charge in [0.25, 0.3) is 0 Å². The van der Waals surface area contributed by atoms with E-state index >= 15 is 0 Å². The topological polar surface area (TPSA) is 86.8 Å². The summed E-state index contributed by atoms with van der Waals surface area (Å²) < 4.78 is 40.5. The smallest absolute Gasteiger partial charge is 0.351 e. The van der Waals surface area contributed by atoms with Crippen LogP contribution in [0.3, 0.4) is 0 Å². The summed E-state index contributed by atoms with van der Waals surface area (Å²) in [5, 5.41) is 17.7. The lowest BCUT2D eigenvalue weighted by atomic mass is 10.1. The molecule has 1 aromatic carbocycles. The van der Waals surface area contributed by atoms with Gasteiger partial charge in [0.05, 0.1) is 23.5 Å². The third-order valence-electron chi connectivity index (χ3n) is 6.08. The van der Waals surface area contributed by atoms with Crippen LogP contribution in [-0.4, -0.2) is 55.5 Å². The van der Waals surface area contributed by atoms with E-state index < -0.39 is 11.7 Å². The van der Waals surface area contributed by atoms with Crippen molar-refractivity contribution in [2.45, 2.75) is 31.1 Å². The quantitative estimate of drug-likeness (QED) is 0.619. The van der Waals surface area contributed by atoms with Crippen LogP contribution < -0.4 is 4.90 Å². The molecular weight excluding hydrogens is 421 g/mol. The Bertz CT molecular complexity index is 1170. The van der Waals surface area contributed by atoms with Gasteiger partial charge in [-0.05, 0) is 31.0 Å². The van der Waals surface area contributed by atoms with Crippen LogP contribution in [0, 0.1) is 11.3 Å². The van der Waals surface area contributed by atoms with Gasteiger partial charge in [0.15, 0.2) is 11.5 Å². The summed E-state index contributed by atoms with van der Waals surface area (Å²) in [6, 6.07) is 7.48. The summed E-state index contributed by atoms with van der Waals surface area (Å²) in [5.41, 5.74) is 0.671. The maximum Gasteiger partial charge on any atom is 0.416 e. The normalized spacial score (nSPS) is 21.4. The Hall–Kier alpha value is -3.52. The molecule has 2 saturated heterocycles. The summed E-state index contributed by atoms with van der Waals surface area (Å²) in [6.45, 7) is 2.18. The lowest BCUT2D eigenvalue weighted by Gasteiger charge is -2.40. The van der Waals surface area contributed by atoms with Crippen LogP contribution in [0.4, 0.5) is 19.0 Å². The van der Waals surface area contributed by atoms with Gasteiger partial charge in [-0.3, -0.25) is 4.90 Å². The minimum atomic E-state index is -4.41. The van der Waals surface area contributed by atoms with Gasteiger partial charge in [0, 0.05) is 38.1 Å². The molecule has 0 N–H and O–H groups in total. The van der Waals surface area contributed by atoms with Crippen molar-refractivity contribution >= 4 is 5.82 Å². The lowest BCUT2D eigenvalue weighted by molar-refractivity contribution is -0.137. The number of rotatable bonds is 3. The van der Waals surface area contributed by atoms with Crippen LogP contribution in [0.15, 0.2) is 42.9 Å². The number of hydrogen-bond donors (Lipinski definition) is 0. The number of aromatic nitrogens is 5. The van der Waals surface area contributed by atoms with E-state index in [9.17, 15) is 18.4 Å². The van der Waals surface area contributed by atoms with Crippen molar-refractivity contribution in [1.82, 2.24) is 29.9 Å². The monoisotopic (exact) mass is 440 g/mol. The fourth-order valence-corrected chi connectivity index (χ4v) is 4.58. The molecule has 2 fully saturated rings. The molecule has 2 atom stereocenters. The first kappa shape index (κ1) is 20.4. The van der Waals surface area contributed by atoms with Crippen LogP contribution in [0.5, 0.6) is 0 Å². The molecule has 0 spiro atoms. The van der Waals surface area contributed by atoms with E-state index in [-0.39, 0.29) is 12.1 Å². The SMILES string of the molecule is N#Cc1nccnc1N1CCN2[C@H](CC[C@H]2c2cn(-c3cccc(C(F)(F)F)c3)nn2)C1. The van der Waals surface area contributed by atoms with Crippen LogP contribution >= 0.6 is 0 Å². The van der Waals surface area contributed by atoms with E-state index in [0.29, 0.717) is 23.7 Å². The highest BCUT2D eigenvalue weighted by Gasteiger charge is 2.40. The minimum Gasteiger partial charge on any atom is -0.351 e. The molecule has 11 heteroatoms. The predicted octanol–water partition coefficient (Wildman–Crippen LogP) is 2.97. The van der Waals surface area contributed by atoms with E-state index in [2.05, 4.69) is 36.1 Å². The molecule has 2 aliphatic heterocycles. The van der Waals surface area contributed by atoms with Crippen LogP contribution in [0.1, 0.15) is 35.8 Å². The number of anilines is 1. The van der Waals surface area contributed by atoms with Crippen molar-refractivity contribution in [1.29, 1.82) is 5.26 Å². The fraction of sp³-hybridized carbons (Fsp3) is 0.381. The molecule has 8 nitrogen and oxygen atoms in total. The molecule has 5 rings (SSSR count). The molecule has 0 unspecified atom stereocenters. The van der Waals surface area contributed by atoms with E-state index in [4.69, 9.17) is 0 Å². The molecule has 4 heterocycles. The van der Waals surface area contributed by atoms with Crippen molar-refractivity contribution in [3.05, 3.63) is 59.8 Å². The Morgan fingerprint density at radius 3 is 2.75 bits per heavy atom. The zero-order chi connectivity index (χ0) is 22.3. The van der Waals surface area contributed by atoms with Gasteiger partial charge in [0.2, 0.25) is 0 Å². The second-order valence-corrected chi connectivity index (χ2v) is 7.91. The lowest BCUT2D eigenvalue weighted by Crippen LogP contribution is -2.51. The Kier molecular flexibility index (Phi) is 5.01. The molecular formula is C21H19F3N8. The standard InChI is InChI=1S/C21H19F3N8/c22-21(23,24)14-2-1-3-15(10-14)32-13-18(28-29-32)19-5-4-16-12-30(8-9-31(16)19)20-17(11-25)26-6-7-27-20/h1-3,6-7,10,13,16,19H,4-5,8-9,12H2/t16-,19+/m1/s1. The highest BCUT2D eigenvalue weighted by atomic mass is 19.4. The molecule has 164 valence electrons. The van der Waals surface area contributed by atoms with Crippen molar-refractivity contribution in [2.24, 2.45) is 0 Å². The zero-order valence-corrected chi connectivity index (χ0v) is 16.9. The fourth-order valence-electron chi connectivity index (χ4n) is 4.58. The molecule has 2 aromatic heterocycles. The van der Waals surface area contributed by atoms with Crippen molar-refractivity contribution in [2.75, 3.05) is 24.5 Å². The highest BCUT2D eigenvalue weighted by molar-refractivity contribution is 5.50. The predicted molar refractivity (Wildman–Crippen MR) is 108 cm³/mol. The number of piperazine rings is 1. The van der Waals surface area contributed by atoms with Crippen LogP contribution in [0.2, 0.25) is 0 Å². The summed E-state index contributed by atoms with van der Waals surface area (Å²) in [6.07, 6.45) is 2.23. The van der Waals surface area contributed by atoms with Gasteiger partial charge in [-0.2, -0.15) is 18.4 Å². The number of fused-ring (bicyclic) bond motifs is 1. The molecule has 0 saturated carbocycles. The third-order valence-corrected chi connectivity index (χ3v) is 6.08. The van der Waals surface area contributed by atoms with Gasteiger partial charge < -0.3 is 4.90 Å². The third kappa shape index (κ3) is 3.67. The van der Waals surface area contributed by atoms with Gasteiger partial charge in [-0.25, -0.2) is 14.6 Å². The maximum atomic E-state index is 13.0. The maximum absolute atomic E-state index is 13.0. The Balaban J connectivity index is 1.33. The molecule has 0 amide bonds. The van der Waals surface area contributed by atoms with E-state index in [1.54, 1.807) is 18.5 Å². The molecule has 3 aromatic rings. The summed E-state index contributed by atoms with van der Waals surface area (Å²) in [4.78, 5) is 12.9. The van der Waals surface area contributed by atoms with E-state index in [1.165, 1.54) is 16.9 Å². The average Bonchev–Trinajstić information content (AvgIpc) is 3.45. The Morgan fingerprint density at radius 2 is 1.94 bits per heavy atom. The number of nitrogens with zero attached hydrogens (tertiary/aromatic N) is 8. The van der Waals surface area contributed by atoms with Crippen LogP contribution in [0.25, 0.3) is 5.69 Å². The largest absolute Gasteiger partial charge is 0.416 e. The minimum absolute atomic E-state index is 0.0546. The zero-order valence-electron chi connectivity index (χ0n) is 16.9. The van der Waals surface area contributed by atoms with Gasteiger partial charge in [-0.15, -0.1) is 5.10 Å². The summed E-state index contributed by atoms with van der Waals surface area (Å²) in [5.74, 6) is 0.605. The average molecular weight is 440 g/mol. The molecule has 2 aliphatic rings. The number of benzene rings is 1. The van der Waals surface area contributed by atoms with Crippen molar-refractivity contribution in [3.8, 4) is 11.8 Å². The van der Waals surface area contributed by atoms with Gasteiger partial charge in [-0.1, -0.05) is 11.3 Å². The summed E-state index contributed by atoms with van der Waals surface area (Å²) in [7, 11) is 0. The highest BCUT2D eigenvalue weighted by Crippen LogP contribution is 2.38. The Morgan fingerprint density at radius 1 is 1.09 bits per heavy atom. The molecule has 32 heavy (non-hydrogen) atoms. The van der Waals surface area contributed by atoms with Crippen molar-refractivity contribution < 1.29 is 13.2 Å². The van der Waals surface area contributed by atoms with E-state index in [0.717, 1.165) is 43.8 Å². The van der Waals surface area contributed by atoms with Gasteiger partial charge >= 0.3 is 6.18 Å². The summed E-state index contributed by atoms with van der Waals surface area (Å²) >= 11 is 0. The first-order chi connectivity index (χ1) is 15.4. The molecule has 0 aliphatic carbocycles. The second kappa shape index (κ2) is 7.87. The first-order valence-corrected chi connectivity index (χ1v) is 10.3. The first-order valence-electron chi connectivity index (χ1n) is 10.3. The van der Waals surface area contributed by atoms with Crippen LogP contribution in [-0.2, 0) is 6.18 Å². The number of alkyl halides is 3. The van der Waals surface area contributed by atoms with Crippen molar-refractivity contribution in [3.63, 3.8) is 0 Å². The number of halogens is 3. The number of hydrogen-bond acceptors (Lipinski definition) is 7. The van der Waals surface area contributed by atoms with Gasteiger partial charge in [0.1, 0.15) is 11.8 Å². The van der Waals surface area contributed by atoms with E-state index in [1.807, 2.05) is 0 Å². The molecule has 0 radical (unpaired) electrons. The molecule has 0 bridgehead atoms. The second-order valence-electron chi connectivity index (χ2n) is 7.91. The number of nitriles is 1. The Labute approximate surface area is 181 Å².